The number of aliphatic carboxylic acids is 1. The summed E-state index contributed by atoms with van der Waals surface area (Å²) in [5.74, 6) is -1.56. The minimum absolute atomic E-state index is 0.000681. The number of carbonyl (C=O) groups is 2. The largest absolute Gasteiger partial charge is 0.494 e. The van der Waals surface area contributed by atoms with Crippen molar-refractivity contribution in [3.63, 3.8) is 0 Å². The van der Waals surface area contributed by atoms with Gasteiger partial charge >= 0.3 is 5.97 Å². The first-order valence-electron chi connectivity index (χ1n) is 13.3. The van der Waals surface area contributed by atoms with Crippen LogP contribution in [0.4, 0.5) is 0 Å². The van der Waals surface area contributed by atoms with Gasteiger partial charge in [-0.05, 0) is 23.3 Å². The molecule has 41 heavy (non-hydrogen) atoms. The maximum absolute atomic E-state index is 13.3. The quantitative estimate of drug-likeness (QED) is 0.356. The van der Waals surface area contributed by atoms with Crippen LogP contribution >= 0.6 is 23.2 Å². The van der Waals surface area contributed by atoms with Gasteiger partial charge in [-0.1, -0.05) is 67.4 Å². The first-order chi connectivity index (χ1) is 19.8. The maximum atomic E-state index is 13.3. The second-order valence-corrected chi connectivity index (χ2v) is 9.75. The monoisotopic (exact) mass is 604 g/mol. The van der Waals surface area contributed by atoms with Gasteiger partial charge in [0, 0.05) is 26.1 Å². The van der Waals surface area contributed by atoms with Crippen molar-refractivity contribution >= 4 is 35.1 Å². The van der Waals surface area contributed by atoms with Gasteiger partial charge in [0.15, 0.2) is 5.75 Å². The van der Waals surface area contributed by atoms with Crippen molar-refractivity contribution in [3.8, 4) is 16.9 Å². The third-order valence-corrected chi connectivity index (χ3v) is 7.07. The number of carboxylic acids is 1. The average Bonchev–Trinajstić information content (AvgIpc) is 2.98. The molecule has 10 nitrogen and oxygen atoms in total. The van der Waals surface area contributed by atoms with Gasteiger partial charge in [0.1, 0.15) is 6.04 Å². The standard InChI is InChI=1S/C27H28Cl2N4O6.C2H6/c1-38-22-16-30-33(10-9-32-11-13-39-14-12-32)26(35)23(22)18-7-5-17(6-8-18)15-21(27(36)37)31-25(34)24-19(28)3-2-4-20(24)29;1-2/h2-8,16,21H,9-15H2,1H3,(H,31,34)(H,36,37);1-2H3. The molecule has 1 amide bonds. The lowest BCUT2D eigenvalue weighted by Gasteiger charge is -2.26. The van der Waals surface area contributed by atoms with E-state index in [1.54, 1.807) is 30.3 Å². The Bertz CT molecular complexity index is 1370. The van der Waals surface area contributed by atoms with Crippen molar-refractivity contribution in [2.45, 2.75) is 32.9 Å². The molecule has 1 saturated heterocycles. The van der Waals surface area contributed by atoms with Crippen LogP contribution in [0.1, 0.15) is 29.8 Å². The molecule has 2 N–H and O–H groups in total. The molecule has 1 aliphatic rings. The predicted molar refractivity (Wildman–Crippen MR) is 158 cm³/mol. The molecule has 2 heterocycles. The molecule has 1 unspecified atom stereocenters. The summed E-state index contributed by atoms with van der Waals surface area (Å²) in [6.45, 7) is 8.04. The minimum Gasteiger partial charge on any atom is -0.494 e. The van der Waals surface area contributed by atoms with Gasteiger partial charge in [-0.3, -0.25) is 14.5 Å². The lowest BCUT2D eigenvalue weighted by molar-refractivity contribution is -0.139. The Morgan fingerprint density at radius 3 is 2.29 bits per heavy atom. The molecular weight excluding hydrogens is 571 g/mol. The number of hydrogen-bond acceptors (Lipinski definition) is 7. The van der Waals surface area contributed by atoms with Crippen LogP contribution in [0.3, 0.4) is 0 Å². The van der Waals surface area contributed by atoms with Gasteiger partial charge in [0.05, 0.1) is 54.2 Å². The molecule has 12 heteroatoms. The zero-order valence-electron chi connectivity index (χ0n) is 23.2. The van der Waals surface area contributed by atoms with Crippen molar-refractivity contribution in [1.82, 2.24) is 20.0 Å². The van der Waals surface area contributed by atoms with Crippen LogP contribution in [0.25, 0.3) is 11.1 Å². The first kappa shape index (κ1) is 32.1. The number of amides is 1. The van der Waals surface area contributed by atoms with Crippen LogP contribution in [0.15, 0.2) is 53.5 Å². The summed E-state index contributed by atoms with van der Waals surface area (Å²) in [4.78, 5) is 40.2. The number of aromatic nitrogens is 2. The Balaban J connectivity index is 0.00000226. The van der Waals surface area contributed by atoms with E-state index in [2.05, 4.69) is 15.3 Å². The number of halogens is 2. The fraction of sp³-hybridized carbons (Fsp3) is 0.379. The van der Waals surface area contributed by atoms with E-state index in [-0.39, 0.29) is 27.6 Å². The van der Waals surface area contributed by atoms with Crippen molar-refractivity contribution in [3.05, 3.63) is 80.2 Å². The third-order valence-electron chi connectivity index (χ3n) is 6.44. The number of nitrogens with one attached hydrogen (secondary N) is 1. The number of hydrogen-bond donors (Lipinski definition) is 2. The zero-order chi connectivity index (χ0) is 29.9. The third kappa shape index (κ3) is 8.29. The van der Waals surface area contributed by atoms with Gasteiger partial charge < -0.3 is 19.9 Å². The highest BCUT2D eigenvalue weighted by Gasteiger charge is 2.24. The fourth-order valence-electron chi connectivity index (χ4n) is 4.30. The highest BCUT2D eigenvalue weighted by molar-refractivity contribution is 6.39. The Hall–Kier alpha value is -3.44. The smallest absolute Gasteiger partial charge is 0.326 e. The Kier molecular flexibility index (Phi) is 12.2. The average molecular weight is 606 g/mol. The van der Waals surface area contributed by atoms with E-state index in [1.807, 2.05) is 13.8 Å². The highest BCUT2D eigenvalue weighted by atomic mass is 35.5. The van der Waals surface area contributed by atoms with Crippen LogP contribution in [0.2, 0.25) is 10.0 Å². The molecule has 3 aromatic rings. The van der Waals surface area contributed by atoms with Gasteiger partial charge in [0.2, 0.25) is 0 Å². The number of morpholine rings is 1. The summed E-state index contributed by atoms with van der Waals surface area (Å²) < 4.78 is 12.2. The molecule has 0 saturated carbocycles. The summed E-state index contributed by atoms with van der Waals surface area (Å²) in [7, 11) is 1.47. The molecule has 2 aromatic carbocycles. The normalized spacial score (nSPS) is 14.0. The van der Waals surface area contributed by atoms with Crippen LogP contribution in [0, 0.1) is 0 Å². The highest BCUT2D eigenvalue weighted by Crippen LogP contribution is 2.27. The number of rotatable bonds is 10. The minimum atomic E-state index is -1.23. The second-order valence-electron chi connectivity index (χ2n) is 8.93. The van der Waals surface area contributed by atoms with E-state index >= 15 is 0 Å². The number of carboxylic acid groups (broad SMARTS) is 1. The maximum Gasteiger partial charge on any atom is 0.326 e. The molecule has 1 atom stereocenters. The number of ether oxygens (including phenoxy) is 2. The summed E-state index contributed by atoms with van der Waals surface area (Å²) >= 11 is 12.2. The Labute approximate surface area is 248 Å². The lowest BCUT2D eigenvalue weighted by Crippen LogP contribution is -2.42. The van der Waals surface area contributed by atoms with Gasteiger partial charge in [0.25, 0.3) is 11.5 Å². The van der Waals surface area contributed by atoms with Gasteiger partial charge in [-0.25, -0.2) is 9.48 Å². The van der Waals surface area contributed by atoms with E-state index in [4.69, 9.17) is 32.7 Å². The van der Waals surface area contributed by atoms with E-state index < -0.39 is 17.9 Å². The molecule has 0 spiro atoms. The number of carbonyl (C=O) groups excluding carboxylic acids is 1. The summed E-state index contributed by atoms with van der Waals surface area (Å²) in [6.07, 6.45) is 1.51. The van der Waals surface area contributed by atoms with Crippen LogP contribution in [0.5, 0.6) is 5.75 Å². The molecule has 0 radical (unpaired) electrons. The van der Waals surface area contributed by atoms with E-state index in [1.165, 1.54) is 30.1 Å². The van der Waals surface area contributed by atoms with E-state index in [0.29, 0.717) is 48.7 Å². The summed E-state index contributed by atoms with van der Waals surface area (Å²) in [6, 6.07) is 10.2. The van der Waals surface area contributed by atoms with Crippen LogP contribution < -0.4 is 15.6 Å². The van der Waals surface area contributed by atoms with Crippen molar-refractivity contribution in [2.24, 2.45) is 0 Å². The van der Waals surface area contributed by atoms with Crippen molar-refractivity contribution in [2.75, 3.05) is 40.0 Å². The molecule has 1 aromatic heterocycles. The topological polar surface area (TPSA) is 123 Å². The number of methoxy groups -OCH3 is 1. The SMILES string of the molecule is CC.COc1cnn(CCN2CCOCC2)c(=O)c1-c1ccc(CC(NC(=O)c2c(Cl)cccc2Cl)C(=O)O)cc1. The van der Waals surface area contributed by atoms with Crippen molar-refractivity contribution in [1.29, 1.82) is 0 Å². The first-order valence-corrected chi connectivity index (χ1v) is 14.0. The number of nitrogens with zero attached hydrogens (tertiary/aromatic N) is 3. The van der Waals surface area contributed by atoms with Crippen LogP contribution in [-0.2, 0) is 22.5 Å². The molecular formula is C29H34Cl2N4O6. The summed E-state index contributed by atoms with van der Waals surface area (Å²) in [5, 5.41) is 16.7. The molecule has 1 aliphatic heterocycles. The second kappa shape index (κ2) is 15.5. The predicted octanol–water partition coefficient (Wildman–Crippen LogP) is 4.01. The van der Waals surface area contributed by atoms with Crippen molar-refractivity contribution < 1.29 is 24.2 Å². The Morgan fingerprint density at radius 1 is 1.07 bits per heavy atom. The van der Waals surface area contributed by atoms with E-state index in [9.17, 15) is 19.5 Å². The molecule has 0 aliphatic carbocycles. The Morgan fingerprint density at radius 2 is 1.71 bits per heavy atom. The zero-order valence-corrected chi connectivity index (χ0v) is 24.7. The fourth-order valence-corrected chi connectivity index (χ4v) is 4.87. The van der Waals surface area contributed by atoms with Gasteiger partial charge in [-0.15, -0.1) is 0 Å². The van der Waals surface area contributed by atoms with Crippen LogP contribution in [-0.4, -0.2) is 77.7 Å². The molecule has 0 bridgehead atoms. The molecule has 1 fully saturated rings. The molecule has 220 valence electrons. The van der Waals surface area contributed by atoms with Gasteiger partial charge in [-0.2, -0.15) is 5.10 Å². The number of benzene rings is 2. The van der Waals surface area contributed by atoms with E-state index in [0.717, 1.165) is 13.1 Å². The lowest BCUT2D eigenvalue weighted by atomic mass is 10.0. The molecule has 4 rings (SSSR count). The summed E-state index contributed by atoms with van der Waals surface area (Å²) in [5.41, 5.74) is 1.32.